The highest BCUT2D eigenvalue weighted by Gasteiger charge is 2.41. The Hall–Kier alpha value is -1.30. The van der Waals surface area contributed by atoms with E-state index in [1.165, 1.54) is 11.8 Å². The third-order valence-electron chi connectivity index (χ3n) is 2.38. The summed E-state index contributed by atoms with van der Waals surface area (Å²) in [7, 11) is 0. The van der Waals surface area contributed by atoms with Crippen molar-refractivity contribution in [2.75, 3.05) is 19.7 Å². The van der Waals surface area contributed by atoms with E-state index in [0.717, 1.165) is 0 Å². The van der Waals surface area contributed by atoms with Crippen LogP contribution in [0.1, 0.15) is 27.7 Å². The molecule has 0 aromatic heterocycles. The molecule has 1 unspecified atom stereocenters. The van der Waals surface area contributed by atoms with Crippen LogP contribution >= 0.6 is 0 Å². The van der Waals surface area contributed by atoms with Crippen LogP contribution in [0.15, 0.2) is 0 Å². The standard InChI is InChI=1S/C11H19NO5/c1-10(2,3)17-9(15)12-5-6-16-11(4,7-12)8(13)14/h5-7H2,1-4H3,(H,13,14). The van der Waals surface area contributed by atoms with E-state index in [1.54, 1.807) is 20.8 Å². The van der Waals surface area contributed by atoms with Crippen molar-refractivity contribution in [2.24, 2.45) is 0 Å². The zero-order valence-electron chi connectivity index (χ0n) is 10.6. The van der Waals surface area contributed by atoms with Crippen LogP contribution in [0.3, 0.4) is 0 Å². The Labute approximate surface area is 100 Å². The van der Waals surface area contributed by atoms with E-state index < -0.39 is 23.3 Å². The van der Waals surface area contributed by atoms with E-state index in [2.05, 4.69) is 0 Å². The maximum atomic E-state index is 11.8. The van der Waals surface area contributed by atoms with E-state index in [0.29, 0.717) is 6.54 Å². The number of ether oxygens (including phenoxy) is 2. The summed E-state index contributed by atoms with van der Waals surface area (Å²) in [5.74, 6) is -1.08. The third-order valence-corrected chi connectivity index (χ3v) is 2.38. The minimum atomic E-state index is -1.35. The Bertz CT molecular complexity index is 322. The van der Waals surface area contributed by atoms with Gasteiger partial charge >= 0.3 is 12.1 Å². The Morgan fingerprint density at radius 1 is 1.41 bits per heavy atom. The summed E-state index contributed by atoms with van der Waals surface area (Å²) in [6.07, 6.45) is -0.506. The fourth-order valence-electron chi connectivity index (χ4n) is 1.48. The lowest BCUT2D eigenvalue weighted by Gasteiger charge is -2.38. The predicted molar refractivity (Wildman–Crippen MR) is 59.8 cm³/mol. The highest BCUT2D eigenvalue weighted by atomic mass is 16.6. The Morgan fingerprint density at radius 3 is 2.47 bits per heavy atom. The van der Waals surface area contributed by atoms with Crippen molar-refractivity contribution in [3.63, 3.8) is 0 Å². The maximum Gasteiger partial charge on any atom is 0.410 e. The molecule has 0 spiro atoms. The Balaban J connectivity index is 2.67. The van der Waals surface area contributed by atoms with Gasteiger partial charge in [-0.2, -0.15) is 0 Å². The number of aliphatic carboxylic acids is 1. The lowest BCUT2D eigenvalue weighted by atomic mass is 10.1. The van der Waals surface area contributed by atoms with Crippen LogP contribution in [-0.2, 0) is 14.3 Å². The normalized spacial score (nSPS) is 25.5. The topological polar surface area (TPSA) is 76.1 Å². The van der Waals surface area contributed by atoms with Gasteiger partial charge in [-0.15, -0.1) is 0 Å². The molecule has 1 heterocycles. The summed E-state index contributed by atoms with van der Waals surface area (Å²) < 4.78 is 10.4. The number of carboxylic acid groups (broad SMARTS) is 1. The molecular formula is C11H19NO5. The van der Waals surface area contributed by atoms with Crippen molar-refractivity contribution in [3.05, 3.63) is 0 Å². The molecule has 1 N–H and O–H groups in total. The van der Waals surface area contributed by atoms with Crippen molar-refractivity contribution < 1.29 is 24.2 Å². The molecule has 1 saturated heterocycles. The van der Waals surface area contributed by atoms with Crippen LogP contribution in [0.2, 0.25) is 0 Å². The summed E-state index contributed by atoms with van der Waals surface area (Å²) in [4.78, 5) is 24.2. The van der Waals surface area contributed by atoms with Crippen molar-refractivity contribution in [1.29, 1.82) is 0 Å². The molecule has 6 heteroatoms. The van der Waals surface area contributed by atoms with Gasteiger partial charge in [0.05, 0.1) is 13.2 Å². The first-order valence-electron chi connectivity index (χ1n) is 5.49. The molecule has 6 nitrogen and oxygen atoms in total. The molecule has 1 atom stereocenters. The van der Waals surface area contributed by atoms with Gasteiger partial charge in [0.25, 0.3) is 0 Å². The van der Waals surface area contributed by atoms with Gasteiger partial charge in [0.2, 0.25) is 0 Å². The molecule has 17 heavy (non-hydrogen) atoms. The molecule has 0 bridgehead atoms. The summed E-state index contributed by atoms with van der Waals surface area (Å²) >= 11 is 0. The van der Waals surface area contributed by atoms with E-state index in [-0.39, 0.29) is 13.2 Å². The zero-order valence-corrected chi connectivity index (χ0v) is 10.6. The van der Waals surface area contributed by atoms with Gasteiger partial charge < -0.3 is 19.5 Å². The first-order valence-corrected chi connectivity index (χ1v) is 5.49. The molecular weight excluding hydrogens is 226 g/mol. The van der Waals surface area contributed by atoms with Gasteiger partial charge in [-0.3, -0.25) is 0 Å². The number of carboxylic acids is 1. The predicted octanol–water partition coefficient (Wildman–Crippen LogP) is 1.10. The summed E-state index contributed by atoms with van der Waals surface area (Å²) in [5, 5.41) is 9.03. The molecule has 0 aromatic carbocycles. The Morgan fingerprint density at radius 2 is 2.00 bits per heavy atom. The van der Waals surface area contributed by atoms with E-state index in [9.17, 15) is 9.59 Å². The van der Waals surface area contributed by atoms with Crippen LogP contribution in [0, 0.1) is 0 Å². The molecule has 0 radical (unpaired) electrons. The monoisotopic (exact) mass is 245 g/mol. The van der Waals surface area contributed by atoms with E-state index in [1.807, 2.05) is 0 Å². The molecule has 1 fully saturated rings. The fourth-order valence-corrected chi connectivity index (χ4v) is 1.48. The first kappa shape index (κ1) is 13.8. The number of morpholine rings is 1. The van der Waals surface area contributed by atoms with E-state index in [4.69, 9.17) is 14.6 Å². The minimum absolute atomic E-state index is 0.00273. The van der Waals surface area contributed by atoms with Crippen LogP contribution in [0.25, 0.3) is 0 Å². The summed E-state index contributed by atoms with van der Waals surface area (Å²) in [5.41, 5.74) is -1.94. The van der Waals surface area contributed by atoms with Crippen LogP contribution in [0.5, 0.6) is 0 Å². The smallest absolute Gasteiger partial charge is 0.410 e. The molecule has 0 saturated carbocycles. The van der Waals surface area contributed by atoms with E-state index >= 15 is 0 Å². The largest absolute Gasteiger partial charge is 0.479 e. The van der Waals surface area contributed by atoms with Crippen molar-refractivity contribution in [1.82, 2.24) is 4.90 Å². The van der Waals surface area contributed by atoms with Gasteiger partial charge in [0.1, 0.15) is 5.60 Å². The molecule has 1 aliphatic rings. The summed E-state index contributed by atoms with van der Waals surface area (Å²) in [6.45, 7) is 7.29. The zero-order chi connectivity index (χ0) is 13.3. The van der Waals surface area contributed by atoms with Crippen LogP contribution in [0.4, 0.5) is 4.79 Å². The van der Waals surface area contributed by atoms with Gasteiger partial charge in [-0.05, 0) is 27.7 Å². The highest BCUT2D eigenvalue weighted by molar-refractivity contribution is 5.79. The maximum absolute atomic E-state index is 11.8. The van der Waals surface area contributed by atoms with Gasteiger partial charge in [-0.1, -0.05) is 0 Å². The first-order chi connectivity index (χ1) is 7.64. The van der Waals surface area contributed by atoms with Crippen molar-refractivity contribution in [2.45, 2.75) is 38.9 Å². The number of amides is 1. The fraction of sp³-hybridized carbons (Fsp3) is 0.818. The number of rotatable bonds is 1. The van der Waals surface area contributed by atoms with Crippen LogP contribution in [-0.4, -0.2) is 53.0 Å². The molecule has 0 aromatic rings. The third kappa shape index (κ3) is 3.59. The second kappa shape index (κ2) is 4.52. The lowest BCUT2D eigenvalue weighted by molar-refractivity contribution is -0.173. The summed E-state index contributed by atoms with van der Waals surface area (Å²) in [6, 6.07) is 0. The average Bonchev–Trinajstić information content (AvgIpc) is 2.15. The van der Waals surface area contributed by atoms with Crippen molar-refractivity contribution >= 4 is 12.1 Å². The molecule has 1 aliphatic heterocycles. The molecule has 0 aliphatic carbocycles. The quantitative estimate of drug-likeness (QED) is 0.748. The molecule has 1 amide bonds. The highest BCUT2D eigenvalue weighted by Crippen LogP contribution is 2.20. The van der Waals surface area contributed by atoms with Crippen molar-refractivity contribution in [3.8, 4) is 0 Å². The molecule has 98 valence electrons. The van der Waals surface area contributed by atoms with Gasteiger partial charge in [0, 0.05) is 6.54 Å². The number of hydrogen-bond acceptors (Lipinski definition) is 4. The number of carbonyl (C=O) groups excluding carboxylic acids is 1. The molecule has 1 rings (SSSR count). The van der Waals surface area contributed by atoms with Gasteiger partial charge in [-0.25, -0.2) is 9.59 Å². The minimum Gasteiger partial charge on any atom is -0.479 e. The number of hydrogen-bond donors (Lipinski definition) is 1. The second-order valence-electron chi connectivity index (χ2n) is 5.29. The Kier molecular flexibility index (Phi) is 3.66. The second-order valence-corrected chi connectivity index (χ2v) is 5.29. The van der Waals surface area contributed by atoms with Gasteiger partial charge in [0.15, 0.2) is 5.60 Å². The number of nitrogens with zero attached hydrogens (tertiary/aromatic N) is 1. The number of carbonyl (C=O) groups is 2. The lowest BCUT2D eigenvalue weighted by Crippen LogP contribution is -2.56. The SMILES string of the molecule is CC(C)(C)OC(=O)N1CCOC(C)(C(=O)O)C1. The average molecular weight is 245 g/mol. The van der Waals surface area contributed by atoms with Crippen LogP contribution < -0.4 is 0 Å².